The van der Waals surface area contributed by atoms with Crippen LogP contribution >= 0.6 is 12.4 Å². The second-order valence-electron chi connectivity index (χ2n) is 8.58. The molecule has 1 aliphatic rings. The number of fused-ring (bicyclic) bond motifs is 1. The quantitative estimate of drug-likeness (QED) is 0.556. The van der Waals surface area contributed by atoms with Gasteiger partial charge in [-0.25, -0.2) is 0 Å². The number of amides is 1. The molecule has 0 aliphatic carbocycles. The van der Waals surface area contributed by atoms with E-state index in [-0.39, 0.29) is 42.8 Å². The summed E-state index contributed by atoms with van der Waals surface area (Å²) >= 11 is 0. The van der Waals surface area contributed by atoms with Crippen molar-refractivity contribution in [2.75, 3.05) is 18.5 Å². The van der Waals surface area contributed by atoms with E-state index < -0.39 is 6.10 Å². The highest BCUT2D eigenvalue weighted by molar-refractivity contribution is 5.96. The third-order valence-electron chi connectivity index (χ3n) is 5.32. The van der Waals surface area contributed by atoms with E-state index in [0.717, 1.165) is 6.42 Å². The van der Waals surface area contributed by atoms with Crippen LogP contribution < -0.4 is 15.4 Å². The minimum absolute atomic E-state index is 0. The molecule has 4 N–H and O–H groups in total. The van der Waals surface area contributed by atoms with Crippen molar-refractivity contribution in [3.8, 4) is 11.5 Å². The zero-order valence-corrected chi connectivity index (χ0v) is 18.9. The van der Waals surface area contributed by atoms with Gasteiger partial charge >= 0.3 is 0 Å². The van der Waals surface area contributed by atoms with Gasteiger partial charge in [0.05, 0.1) is 11.8 Å². The average Bonchev–Trinajstić information content (AvgIpc) is 2.61. The Labute approximate surface area is 184 Å². The summed E-state index contributed by atoms with van der Waals surface area (Å²) in [7, 11) is 0. The topological polar surface area (TPSA) is 90.8 Å². The van der Waals surface area contributed by atoms with Crippen LogP contribution in [0, 0.1) is 20.8 Å². The predicted octanol–water partition coefficient (Wildman–Crippen LogP) is 3.71. The Morgan fingerprint density at radius 3 is 2.43 bits per heavy atom. The fourth-order valence-corrected chi connectivity index (χ4v) is 3.94. The van der Waals surface area contributed by atoms with Gasteiger partial charge in [0.15, 0.2) is 6.61 Å². The molecule has 0 spiro atoms. The average molecular weight is 435 g/mol. The summed E-state index contributed by atoms with van der Waals surface area (Å²) in [5.74, 6) is 0.0835. The van der Waals surface area contributed by atoms with Gasteiger partial charge < -0.3 is 25.6 Å². The number of β-amino-alcohol motifs (C(OH)–C–C–N with tert-alkyl or cyclic N) is 1. The number of aryl methyl sites for hydroxylation is 3. The van der Waals surface area contributed by atoms with Gasteiger partial charge in [0.2, 0.25) is 0 Å². The van der Waals surface area contributed by atoms with E-state index in [1.807, 2.05) is 0 Å². The molecule has 2 aromatic carbocycles. The van der Waals surface area contributed by atoms with Crippen molar-refractivity contribution in [2.45, 2.75) is 52.7 Å². The van der Waals surface area contributed by atoms with E-state index in [1.54, 1.807) is 0 Å². The van der Waals surface area contributed by atoms with Gasteiger partial charge in [0, 0.05) is 23.7 Å². The Balaban J connectivity index is 0.00000320. The number of carbonyl (C=O) groups is 1. The van der Waals surface area contributed by atoms with E-state index in [4.69, 9.17) is 4.74 Å². The number of hydrogen-bond acceptors (Lipinski definition) is 5. The lowest BCUT2D eigenvalue weighted by molar-refractivity contribution is -0.118. The van der Waals surface area contributed by atoms with Crippen LogP contribution in [-0.2, 0) is 11.2 Å². The van der Waals surface area contributed by atoms with Gasteiger partial charge in [0.25, 0.3) is 5.91 Å². The molecule has 30 heavy (non-hydrogen) atoms. The second kappa shape index (κ2) is 9.25. The number of aliphatic hydroxyl groups is 1. The SMILES string of the molecule is Cc1cc(C)c(CC(C)(C)NCC(O)c2cc(O)cc3c2OCC(=O)N3)c(C)c1.Cl. The molecule has 1 atom stereocenters. The first kappa shape index (κ1) is 24.0. The molecule has 164 valence electrons. The van der Waals surface area contributed by atoms with Crippen molar-refractivity contribution in [2.24, 2.45) is 0 Å². The van der Waals surface area contributed by atoms with Crippen molar-refractivity contribution < 1.29 is 19.7 Å². The van der Waals surface area contributed by atoms with E-state index in [9.17, 15) is 15.0 Å². The minimum atomic E-state index is -0.898. The summed E-state index contributed by atoms with van der Waals surface area (Å²) in [6.07, 6.45) is -0.0760. The van der Waals surface area contributed by atoms with Crippen LogP contribution in [0.2, 0.25) is 0 Å². The molecule has 0 radical (unpaired) electrons. The van der Waals surface area contributed by atoms with Gasteiger partial charge in [-0.1, -0.05) is 17.7 Å². The van der Waals surface area contributed by atoms with E-state index in [1.165, 1.54) is 34.4 Å². The van der Waals surface area contributed by atoms with Gasteiger partial charge in [-0.05, 0) is 63.8 Å². The number of nitrogens with one attached hydrogen (secondary N) is 2. The molecule has 0 saturated heterocycles. The number of phenols is 1. The second-order valence-corrected chi connectivity index (χ2v) is 8.58. The fraction of sp³-hybridized carbons (Fsp3) is 0.435. The van der Waals surface area contributed by atoms with E-state index in [0.29, 0.717) is 17.0 Å². The van der Waals surface area contributed by atoms with Gasteiger partial charge in [-0.15, -0.1) is 12.4 Å². The van der Waals surface area contributed by atoms with Crippen molar-refractivity contribution in [3.05, 3.63) is 52.1 Å². The molecule has 0 bridgehead atoms. The fourth-order valence-electron chi connectivity index (χ4n) is 3.94. The number of aliphatic hydroxyl groups excluding tert-OH is 1. The van der Waals surface area contributed by atoms with Crippen LogP contribution in [0.5, 0.6) is 11.5 Å². The molecule has 3 rings (SSSR count). The van der Waals surface area contributed by atoms with Crippen molar-refractivity contribution in [1.29, 1.82) is 0 Å². The zero-order chi connectivity index (χ0) is 21.3. The molecule has 1 heterocycles. The molecular formula is C23H31ClN2O4. The molecule has 0 saturated carbocycles. The standard InChI is InChI=1S/C23H30N2O4.ClH/c1-13-6-14(2)18(15(3)7-13)10-23(4,5)24-11-20(27)17-8-16(26)9-19-22(17)29-12-21(28)25-19;/h6-9,20,24,26-27H,10-12H2,1-5H3,(H,25,28);1H. The first-order valence-electron chi connectivity index (χ1n) is 9.85. The molecule has 7 heteroatoms. The Morgan fingerprint density at radius 2 is 1.80 bits per heavy atom. The maximum atomic E-state index is 11.5. The van der Waals surface area contributed by atoms with Crippen LogP contribution in [0.25, 0.3) is 0 Å². The van der Waals surface area contributed by atoms with Gasteiger partial charge in [-0.3, -0.25) is 4.79 Å². The Bertz CT molecular complexity index is 920. The highest BCUT2D eigenvalue weighted by Crippen LogP contribution is 2.38. The number of halogens is 1. The van der Waals surface area contributed by atoms with Crippen LogP contribution in [-0.4, -0.2) is 34.8 Å². The van der Waals surface area contributed by atoms with Crippen molar-refractivity contribution >= 4 is 24.0 Å². The lowest BCUT2D eigenvalue weighted by Gasteiger charge is -2.30. The van der Waals surface area contributed by atoms with Crippen LogP contribution in [0.1, 0.15) is 47.8 Å². The maximum absolute atomic E-state index is 11.5. The van der Waals surface area contributed by atoms with Crippen molar-refractivity contribution in [3.63, 3.8) is 0 Å². The summed E-state index contributed by atoms with van der Waals surface area (Å²) in [6, 6.07) is 7.28. The monoisotopic (exact) mass is 434 g/mol. The highest BCUT2D eigenvalue weighted by atomic mass is 35.5. The lowest BCUT2D eigenvalue weighted by Crippen LogP contribution is -2.43. The molecule has 1 aliphatic heterocycles. The number of phenolic OH excluding ortho intramolecular Hbond substituents is 1. The largest absolute Gasteiger partial charge is 0.508 e. The number of anilines is 1. The predicted molar refractivity (Wildman–Crippen MR) is 121 cm³/mol. The van der Waals surface area contributed by atoms with E-state index in [2.05, 4.69) is 57.4 Å². The third-order valence-corrected chi connectivity index (χ3v) is 5.32. The first-order chi connectivity index (χ1) is 13.6. The van der Waals surface area contributed by atoms with Crippen molar-refractivity contribution in [1.82, 2.24) is 5.32 Å². The van der Waals surface area contributed by atoms with Gasteiger partial charge in [0.1, 0.15) is 11.5 Å². The minimum Gasteiger partial charge on any atom is -0.508 e. The number of ether oxygens (including phenoxy) is 1. The number of aromatic hydroxyl groups is 1. The molecule has 2 aromatic rings. The summed E-state index contributed by atoms with van der Waals surface area (Å²) in [6.45, 7) is 10.7. The Hall–Kier alpha value is -2.28. The summed E-state index contributed by atoms with van der Waals surface area (Å²) in [5, 5.41) is 26.8. The highest BCUT2D eigenvalue weighted by Gasteiger charge is 2.26. The Morgan fingerprint density at radius 1 is 1.17 bits per heavy atom. The number of hydrogen-bond donors (Lipinski definition) is 4. The maximum Gasteiger partial charge on any atom is 0.262 e. The summed E-state index contributed by atoms with van der Waals surface area (Å²) in [5.41, 5.74) is 5.67. The molecule has 1 amide bonds. The normalized spacial score (nSPS) is 14.3. The van der Waals surface area contributed by atoms with Crippen LogP contribution in [0.15, 0.2) is 24.3 Å². The Kier molecular flexibility index (Phi) is 7.40. The smallest absolute Gasteiger partial charge is 0.262 e. The summed E-state index contributed by atoms with van der Waals surface area (Å²) < 4.78 is 5.50. The molecule has 0 fully saturated rings. The molecule has 6 nitrogen and oxygen atoms in total. The molecule has 1 unspecified atom stereocenters. The number of benzene rings is 2. The first-order valence-corrected chi connectivity index (χ1v) is 9.85. The van der Waals surface area contributed by atoms with Gasteiger partial charge in [-0.2, -0.15) is 0 Å². The lowest BCUT2D eigenvalue weighted by atomic mass is 9.88. The summed E-state index contributed by atoms with van der Waals surface area (Å²) in [4.78, 5) is 11.5. The number of carbonyl (C=O) groups excluding carboxylic acids is 1. The number of rotatable bonds is 6. The van der Waals surface area contributed by atoms with Crippen LogP contribution in [0.4, 0.5) is 5.69 Å². The van der Waals surface area contributed by atoms with E-state index >= 15 is 0 Å². The van der Waals surface area contributed by atoms with Crippen LogP contribution in [0.3, 0.4) is 0 Å². The molecule has 0 aromatic heterocycles. The third kappa shape index (κ3) is 5.45. The zero-order valence-electron chi connectivity index (χ0n) is 18.1. The molecular weight excluding hydrogens is 404 g/mol.